The van der Waals surface area contributed by atoms with Crippen LogP contribution in [0.3, 0.4) is 0 Å². The molecule has 2 rings (SSSR count). The lowest BCUT2D eigenvalue weighted by Crippen LogP contribution is -1.90. The maximum absolute atomic E-state index is 12.9. The van der Waals surface area contributed by atoms with Crippen molar-refractivity contribution in [2.45, 2.75) is 0 Å². The molecule has 2 aromatic rings. The predicted octanol–water partition coefficient (Wildman–Crippen LogP) is 1.90. The monoisotopic (exact) mass is 203 g/mol. The molecule has 0 amide bonds. The lowest BCUT2D eigenvalue weighted by Gasteiger charge is -1.94. The Bertz CT molecular complexity index is 438. The van der Waals surface area contributed by atoms with E-state index in [2.05, 4.69) is 10.1 Å². The van der Waals surface area contributed by atoms with E-state index in [1.165, 1.54) is 11.7 Å². The van der Waals surface area contributed by atoms with Crippen molar-refractivity contribution in [3.05, 3.63) is 23.0 Å². The Balaban J connectivity index is 2.91. The van der Waals surface area contributed by atoms with Gasteiger partial charge in [-0.05, 0) is 0 Å². The Labute approximate surface area is 76.9 Å². The van der Waals surface area contributed by atoms with Crippen LogP contribution < -0.4 is 0 Å². The van der Waals surface area contributed by atoms with Crippen LogP contribution in [0.5, 0.6) is 0 Å². The molecular weight excluding hydrogens is 200 g/mol. The number of pyridine rings is 1. The van der Waals surface area contributed by atoms with Crippen LogP contribution in [0, 0.1) is 11.8 Å². The van der Waals surface area contributed by atoms with E-state index < -0.39 is 11.8 Å². The molecule has 0 aliphatic heterocycles. The average molecular weight is 204 g/mol. The summed E-state index contributed by atoms with van der Waals surface area (Å²) < 4.78 is 27.0. The number of nitrogens with zero attached hydrogens (tertiary/aromatic N) is 3. The van der Waals surface area contributed by atoms with Crippen molar-refractivity contribution in [3.63, 3.8) is 0 Å². The van der Waals surface area contributed by atoms with Gasteiger partial charge in [0.25, 0.3) is 5.95 Å². The third-order valence-electron chi connectivity index (χ3n) is 1.69. The molecule has 0 aromatic carbocycles. The van der Waals surface area contributed by atoms with Crippen molar-refractivity contribution in [2.24, 2.45) is 7.05 Å². The number of hydrogen-bond acceptors (Lipinski definition) is 2. The first-order chi connectivity index (χ1) is 6.09. The average Bonchev–Trinajstić information content (AvgIpc) is 2.31. The molecule has 0 atom stereocenters. The van der Waals surface area contributed by atoms with E-state index >= 15 is 0 Å². The lowest BCUT2D eigenvalue weighted by molar-refractivity contribution is 0.560. The first-order valence-electron chi connectivity index (χ1n) is 3.44. The fraction of sp³-hybridized carbons (Fsp3) is 0.143. The molecule has 0 saturated heterocycles. The molecule has 68 valence electrons. The van der Waals surface area contributed by atoms with Gasteiger partial charge >= 0.3 is 0 Å². The number of fused-ring (bicyclic) bond motifs is 1. The summed E-state index contributed by atoms with van der Waals surface area (Å²) in [4.78, 5) is 3.53. The maximum Gasteiger partial charge on any atom is 0.258 e. The molecule has 0 aliphatic carbocycles. The summed E-state index contributed by atoms with van der Waals surface area (Å²) in [5, 5.41) is 3.09. The van der Waals surface area contributed by atoms with E-state index in [9.17, 15) is 8.78 Å². The van der Waals surface area contributed by atoms with Crippen molar-refractivity contribution >= 4 is 22.6 Å². The molecule has 0 fully saturated rings. The molecule has 6 heteroatoms. The van der Waals surface area contributed by atoms with Crippen LogP contribution in [0.25, 0.3) is 11.0 Å². The van der Waals surface area contributed by atoms with Gasteiger partial charge in [-0.1, -0.05) is 11.6 Å². The van der Waals surface area contributed by atoms with Crippen molar-refractivity contribution in [1.29, 1.82) is 0 Å². The van der Waals surface area contributed by atoms with E-state index in [0.717, 1.165) is 6.07 Å². The summed E-state index contributed by atoms with van der Waals surface area (Å²) >= 11 is 5.38. The fourth-order valence-electron chi connectivity index (χ4n) is 1.09. The van der Waals surface area contributed by atoms with Crippen LogP contribution in [-0.4, -0.2) is 14.8 Å². The molecule has 0 bridgehead atoms. The number of aryl methyl sites for hydroxylation is 1. The van der Waals surface area contributed by atoms with Crippen LogP contribution in [0.2, 0.25) is 5.15 Å². The zero-order chi connectivity index (χ0) is 9.59. The van der Waals surface area contributed by atoms with Crippen molar-refractivity contribution in [3.8, 4) is 0 Å². The topological polar surface area (TPSA) is 30.7 Å². The highest BCUT2D eigenvalue weighted by Crippen LogP contribution is 2.20. The van der Waals surface area contributed by atoms with Gasteiger partial charge in [-0.2, -0.15) is 4.39 Å². The van der Waals surface area contributed by atoms with Crippen LogP contribution in [0.15, 0.2) is 6.07 Å². The van der Waals surface area contributed by atoms with Gasteiger partial charge in [0.15, 0.2) is 11.0 Å². The molecule has 0 N–H and O–H groups in total. The molecule has 0 saturated carbocycles. The van der Waals surface area contributed by atoms with Gasteiger partial charge in [0.1, 0.15) is 5.52 Å². The second-order valence-corrected chi connectivity index (χ2v) is 2.90. The first kappa shape index (κ1) is 8.37. The van der Waals surface area contributed by atoms with Crippen molar-refractivity contribution in [1.82, 2.24) is 14.8 Å². The summed E-state index contributed by atoms with van der Waals surface area (Å²) in [5.41, 5.74) is 0.258. The van der Waals surface area contributed by atoms with Gasteiger partial charge in [0.05, 0.1) is 5.52 Å². The Kier molecular flexibility index (Phi) is 1.69. The molecule has 0 spiro atoms. The minimum Gasteiger partial charge on any atom is -0.263 e. The van der Waals surface area contributed by atoms with Crippen molar-refractivity contribution in [2.75, 3.05) is 0 Å². The second kappa shape index (κ2) is 2.63. The third kappa shape index (κ3) is 1.16. The van der Waals surface area contributed by atoms with Crippen LogP contribution in [-0.2, 0) is 7.05 Å². The Hall–Kier alpha value is -1.23. The summed E-state index contributed by atoms with van der Waals surface area (Å²) in [7, 11) is 1.50. The zero-order valence-corrected chi connectivity index (χ0v) is 7.31. The highest BCUT2D eigenvalue weighted by Gasteiger charge is 2.12. The highest BCUT2D eigenvalue weighted by atomic mass is 35.5. The van der Waals surface area contributed by atoms with E-state index in [-0.39, 0.29) is 16.2 Å². The molecule has 13 heavy (non-hydrogen) atoms. The predicted molar refractivity (Wildman–Crippen MR) is 43.4 cm³/mol. The summed E-state index contributed by atoms with van der Waals surface area (Å²) in [5.74, 6) is -1.43. The normalized spacial score (nSPS) is 11.1. The Morgan fingerprint density at radius 2 is 2.15 bits per heavy atom. The van der Waals surface area contributed by atoms with E-state index in [1.807, 2.05) is 0 Å². The minimum atomic E-state index is -0.751. The molecule has 2 heterocycles. The molecule has 3 nitrogen and oxygen atoms in total. The van der Waals surface area contributed by atoms with E-state index in [4.69, 9.17) is 11.6 Å². The van der Waals surface area contributed by atoms with E-state index in [1.54, 1.807) is 0 Å². The quantitative estimate of drug-likeness (QED) is 0.613. The van der Waals surface area contributed by atoms with Crippen LogP contribution in [0.1, 0.15) is 0 Å². The standard InChI is InChI=1S/C7H4ClF2N3/c1-13-4-2-3(9)6(8)11-5(4)7(10)12-13/h2H,1H3. The van der Waals surface area contributed by atoms with Gasteiger partial charge in [-0.25, -0.2) is 9.37 Å². The smallest absolute Gasteiger partial charge is 0.258 e. The number of halogens is 3. The molecule has 0 unspecified atom stereocenters. The van der Waals surface area contributed by atoms with Gasteiger partial charge < -0.3 is 0 Å². The maximum atomic E-state index is 12.9. The first-order valence-corrected chi connectivity index (χ1v) is 3.81. The largest absolute Gasteiger partial charge is 0.263 e. The molecule has 2 aromatic heterocycles. The Morgan fingerprint density at radius 1 is 1.46 bits per heavy atom. The minimum absolute atomic E-state index is 0.0195. The van der Waals surface area contributed by atoms with Gasteiger partial charge in [0, 0.05) is 13.1 Å². The molecular formula is C7H4ClF2N3. The molecule has 0 radical (unpaired) electrons. The lowest BCUT2D eigenvalue weighted by atomic mass is 10.4. The van der Waals surface area contributed by atoms with Crippen molar-refractivity contribution < 1.29 is 8.78 Å². The zero-order valence-electron chi connectivity index (χ0n) is 6.55. The SMILES string of the molecule is Cn1nc(F)c2nc(Cl)c(F)cc21. The van der Waals surface area contributed by atoms with E-state index in [0.29, 0.717) is 0 Å². The number of rotatable bonds is 0. The van der Waals surface area contributed by atoms with Gasteiger partial charge in [0.2, 0.25) is 0 Å². The summed E-state index contributed by atoms with van der Waals surface area (Å²) in [6.07, 6.45) is 0. The summed E-state index contributed by atoms with van der Waals surface area (Å²) in [6, 6.07) is 1.10. The van der Waals surface area contributed by atoms with Crippen LogP contribution in [0.4, 0.5) is 8.78 Å². The third-order valence-corrected chi connectivity index (χ3v) is 1.96. The second-order valence-electron chi connectivity index (χ2n) is 2.54. The number of hydrogen-bond donors (Lipinski definition) is 0. The molecule has 0 aliphatic rings. The van der Waals surface area contributed by atoms with Crippen LogP contribution >= 0.6 is 11.6 Å². The van der Waals surface area contributed by atoms with Gasteiger partial charge in [-0.3, -0.25) is 4.68 Å². The number of aromatic nitrogens is 3. The fourth-order valence-corrected chi connectivity index (χ4v) is 1.23. The highest BCUT2D eigenvalue weighted by molar-refractivity contribution is 6.29. The van der Waals surface area contributed by atoms with Gasteiger partial charge in [-0.15, -0.1) is 5.10 Å². The Morgan fingerprint density at radius 3 is 2.85 bits per heavy atom. The summed E-state index contributed by atoms with van der Waals surface area (Å²) in [6.45, 7) is 0.